The lowest BCUT2D eigenvalue weighted by molar-refractivity contribution is 0.0164. The van der Waals surface area contributed by atoms with Crippen molar-refractivity contribution < 1.29 is 0 Å². The number of likely N-dealkylation sites (N-methyl/N-ethyl adjacent to an activating group) is 1. The second kappa shape index (κ2) is 5.37. The molecule has 2 nitrogen and oxygen atoms in total. The van der Waals surface area contributed by atoms with Crippen molar-refractivity contribution in [1.29, 1.82) is 0 Å². The lowest BCUT2D eigenvalue weighted by atomic mass is 9.72. The fourth-order valence-corrected chi connectivity index (χ4v) is 5.56. The number of hydrogen-bond acceptors (Lipinski definition) is 2. The largest absolute Gasteiger partial charge is 0.329 e. The van der Waals surface area contributed by atoms with Crippen LogP contribution < -0.4 is 5.73 Å². The summed E-state index contributed by atoms with van der Waals surface area (Å²) in [7, 11) is 2.36. The van der Waals surface area contributed by atoms with Gasteiger partial charge in [-0.3, -0.25) is 4.90 Å². The van der Waals surface area contributed by atoms with Crippen LogP contribution in [0.1, 0.15) is 58.3 Å². The Bertz CT molecular complexity index is 316. The molecule has 0 aromatic carbocycles. The highest BCUT2D eigenvalue weighted by molar-refractivity contribution is 4.99. The SMILES string of the molecule is CC1CCCCC1(CN)N(C)CC1CC2CCC1C2. The molecule has 2 heteroatoms. The Balaban J connectivity index is 1.66. The molecule has 0 radical (unpaired) electrons. The fourth-order valence-electron chi connectivity index (χ4n) is 5.56. The number of nitrogens with zero attached hydrogens (tertiary/aromatic N) is 1. The van der Waals surface area contributed by atoms with E-state index in [1.54, 1.807) is 0 Å². The van der Waals surface area contributed by atoms with Crippen molar-refractivity contribution in [3.63, 3.8) is 0 Å². The minimum absolute atomic E-state index is 0.306. The van der Waals surface area contributed by atoms with Gasteiger partial charge in [-0.2, -0.15) is 0 Å². The van der Waals surface area contributed by atoms with Gasteiger partial charge >= 0.3 is 0 Å². The summed E-state index contributed by atoms with van der Waals surface area (Å²) < 4.78 is 0. The minimum atomic E-state index is 0.306. The second-order valence-electron chi connectivity index (χ2n) is 7.77. The summed E-state index contributed by atoms with van der Waals surface area (Å²) in [6, 6.07) is 0. The lowest BCUT2D eigenvalue weighted by Crippen LogP contribution is -2.59. The van der Waals surface area contributed by atoms with E-state index in [1.165, 1.54) is 57.9 Å². The maximum Gasteiger partial charge on any atom is 0.0354 e. The molecule has 0 amide bonds. The average molecular weight is 264 g/mol. The van der Waals surface area contributed by atoms with E-state index in [1.807, 2.05) is 0 Å². The average Bonchev–Trinajstić information content (AvgIpc) is 3.01. The van der Waals surface area contributed by atoms with Gasteiger partial charge in [0.05, 0.1) is 0 Å². The van der Waals surface area contributed by atoms with E-state index in [0.717, 1.165) is 30.2 Å². The first-order chi connectivity index (χ1) is 9.15. The van der Waals surface area contributed by atoms with Crippen molar-refractivity contribution in [2.45, 2.75) is 63.8 Å². The third-order valence-corrected chi connectivity index (χ3v) is 6.92. The molecular weight excluding hydrogens is 232 g/mol. The van der Waals surface area contributed by atoms with E-state index in [2.05, 4.69) is 18.9 Å². The lowest BCUT2D eigenvalue weighted by Gasteiger charge is -2.50. The molecule has 5 atom stereocenters. The van der Waals surface area contributed by atoms with Crippen LogP contribution >= 0.6 is 0 Å². The summed E-state index contributed by atoms with van der Waals surface area (Å²) in [6.45, 7) is 4.59. The van der Waals surface area contributed by atoms with Gasteiger partial charge in [0.1, 0.15) is 0 Å². The Hall–Kier alpha value is -0.0800. The molecule has 3 aliphatic rings. The van der Waals surface area contributed by atoms with Gasteiger partial charge in [0.2, 0.25) is 0 Å². The zero-order valence-electron chi connectivity index (χ0n) is 12.9. The highest BCUT2D eigenvalue weighted by Crippen LogP contribution is 2.49. The van der Waals surface area contributed by atoms with Crippen LogP contribution in [0.25, 0.3) is 0 Å². The van der Waals surface area contributed by atoms with Crippen LogP contribution in [-0.4, -0.2) is 30.6 Å². The van der Waals surface area contributed by atoms with Gasteiger partial charge in [0.15, 0.2) is 0 Å². The molecule has 2 N–H and O–H groups in total. The topological polar surface area (TPSA) is 29.3 Å². The van der Waals surface area contributed by atoms with E-state index >= 15 is 0 Å². The number of hydrogen-bond donors (Lipinski definition) is 1. The molecule has 0 aliphatic heterocycles. The van der Waals surface area contributed by atoms with Crippen molar-refractivity contribution in [3.05, 3.63) is 0 Å². The number of nitrogens with two attached hydrogens (primary N) is 1. The Kier molecular flexibility index (Phi) is 3.92. The number of rotatable bonds is 4. The molecule has 3 rings (SSSR count). The van der Waals surface area contributed by atoms with Crippen LogP contribution in [0.4, 0.5) is 0 Å². The summed E-state index contributed by atoms with van der Waals surface area (Å²) in [5, 5.41) is 0. The highest BCUT2D eigenvalue weighted by Gasteiger charge is 2.44. The van der Waals surface area contributed by atoms with Crippen molar-refractivity contribution >= 4 is 0 Å². The molecule has 110 valence electrons. The molecule has 0 aromatic heterocycles. The molecule has 5 unspecified atom stereocenters. The van der Waals surface area contributed by atoms with Crippen molar-refractivity contribution in [2.75, 3.05) is 20.1 Å². The predicted molar refractivity (Wildman–Crippen MR) is 81.0 cm³/mol. The normalized spacial score (nSPS) is 46.1. The Morgan fingerprint density at radius 2 is 2.00 bits per heavy atom. The standard InChI is InChI=1S/C17H32N2/c1-13-5-3-4-8-17(13,12-18)19(2)11-16-10-14-6-7-15(16)9-14/h13-16H,3-12,18H2,1-2H3. The van der Waals surface area contributed by atoms with Crippen molar-refractivity contribution in [1.82, 2.24) is 4.90 Å². The molecule has 0 aromatic rings. The van der Waals surface area contributed by atoms with Gasteiger partial charge < -0.3 is 5.73 Å². The van der Waals surface area contributed by atoms with Crippen LogP contribution in [0.3, 0.4) is 0 Å². The minimum Gasteiger partial charge on any atom is -0.329 e. The van der Waals surface area contributed by atoms with E-state index in [9.17, 15) is 0 Å². The summed E-state index contributed by atoms with van der Waals surface area (Å²) in [4.78, 5) is 2.68. The first-order valence-corrected chi connectivity index (χ1v) is 8.57. The summed E-state index contributed by atoms with van der Waals surface area (Å²) in [6.07, 6.45) is 11.5. The smallest absolute Gasteiger partial charge is 0.0354 e. The maximum absolute atomic E-state index is 6.24. The fraction of sp³-hybridized carbons (Fsp3) is 1.00. The molecule has 0 saturated heterocycles. The quantitative estimate of drug-likeness (QED) is 0.844. The highest BCUT2D eigenvalue weighted by atomic mass is 15.2. The second-order valence-corrected chi connectivity index (χ2v) is 7.77. The summed E-state index contributed by atoms with van der Waals surface area (Å²) in [5.74, 6) is 3.86. The maximum atomic E-state index is 6.24. The van der Waals surface area contributed by atoms with Gasteiger partial charge in [0.25, 0.3) is 0 Å². The first-order valence-electron chi connectivity index (χ1n) is 8.57. The monoisotopic (exact) mass is 264 g/mol. The van der Waals surface area contributed by atoms with E-state index < -0.39 is 0 Å². The molecule has 0 heterocycles. The Morgan fingerprint density at radius 1 is 1.16 bits per heavy atom. The van der Waals surface area contributed by atoms with E-state index in [0.29, 0.717) is 5.54 Å². The third kappa shape index (κ3) is 2.35. The van der Waals surface area contributed by atoms with Crippen LogP contribution in [0.15, 0.2) is 0 Å². The summed E-state index contributed by atoms with van der Waals surface area (Å²) in [5.41, 5.74) is 6.54. The molecular formula is C17H32N2. The van der Waals surface area contributed by atoms with Gasteiger partial charge in [-0.15, -0.1) is 0 Å². The molecule has 19 heavy (non-hydrogen) atoms. The van der Waals surface area contributed by atoms with Crippen LogP contribution in [0.2, 0.25) is 0 Å². The summed E-state index contributed by atoms with van der Waals surface area (Å²) >= 11 is 0. The molecule has 0 spiro atoms. The van der Waals surface area contributed by atoms with Crippen LogP contribution in [-0.2, 0) is 0 Å². The van der Waals surface area contributed by atoms with Crippen LogP contribution in [0.5, 0.6) is 0 Å². The van der Waals surface area contributed by atoms with Gasteiger partial charge in [-0.05, 0) is 62.8 Å². The number of fused-ring (bicyclic) bond motifs is 2. The Morgan fingerprint density at radius 3 is 2.58 bits per heavy atom. The van der Waals surface area contributed by atoms with Gasteiger partial charge in [0, 0.05) is 18.6 Å². The zero-order valence-corrected chi connectivity index (χ0v) is 12.9. The predicted octanol–water partition coefficient (Wildman–Crippen LogP) is 3.26. The molecule has 2 bridgehead atoms. The van der Waals surface area contributed by atoms with E-state index in [4.69, 9.17) is 5.73 Å². The van der Waals surface area contributed by atoms with E-state index in [-0.39, 0.29) is 0 Å². The van der Waals surface area contributed by atoms with Crippen molar-refractivity contribution in [3.8, 4) is 0 Å². The first kappa shape index (κ1) is 13.9. The molecule has 3 aliphatic carbocycles. The van der Waals surface area contributed by atoms with Crippen molar-refractivity contribution in [2.24, 2.45) is 29.4 Å². The van der Waals surface area contributed by atoms with Gasteiger partial charge in [-0.25, -0.2) is 0 Å². The zero-order chi connectivity index (χ0) is 13.5. The van der Waals surface area contributed by atoms with Gasteiger partial charge in [-0.1, -0.05) is 26.2 Å². The third-order valence-electron chi connectivity index (χ3n) is 6.92. The Labute approximate surface area is 119 Å². The molecule has 3 fully saturated rings. The molecule has 3 saturated carbocycles. The van der Waals surface area contributed by atoms with Crippen LogP contribution in [0, 0.1) is 23.7 Å².